The molecule has 0 amide bonds. The number of nitro groups is 1. The molecule has 1 aromatic rings. The van der Waals surface area contributed by atoms with E-state index in [1.807, 2.05) is 0 Å². The standard InChI is InChI=1S/C6H9N3O3/c1-4(10)2-5-3-7-8-6(5)9(11)12/h3-4,10H,2H2,1H3,(H,7,8)/t4-/m0/s1. The third-order valence-electron chi connectivity index (χ3n) is 1.39. The SMILES string of the molecule is C[C@H](O)Cc1cn[nH]c1[N+](=O)[O-]. The van der Waals surface area contributed by atoms with Gasteiger partial charge in [-0.3, -0.25) is 0 Å². The Bertz CT molecular complexity index is 281. The van der Waals surface area contributed by atoms with Crippen LogP contribution in [0.15, 0.2) is 6.20 Å². The molecule has 0 spiro atoms. The zero-order chi connectivity index (χ0) is 9.14. The summed E-state index contributed by atoms with van der Waals surface area (Å²) in [4.78, 5) is 9.77. The molecule has 1 aromatic heterocycles. The molecule has 1 atom stereocenters. The van der Waals surface area contributed by atoms with Crippen LogP contribution in [0.2, 0.25) is 0 Å². The highest BCUT2D eigenvalue weighted by Gasteiger charge is 2.15. The van der Waals surface area contributed by atoms with Crippen molar-refractivity contribution in [2.45, 2.75) is 19.4 Å². The number of hydrogen-bond donors (Lipinski definition) is 2. The molecule has 0 radical (unpaired) electrons. The molecule has 66 valence electrons. The second kappa shape index (κ2) is 3.31. The molecule has 0 saturated carbocycles. The molecule has 0 aliphatic rings. The van der Waals surface area contributed by atoms with Crippen LogP contribution in [0.3, 0.4) is 0 Å². The predicted molar refractivity (Wildman–Crippen MR) is 40.6 cm³/mol. The summed E-state index contributed by atoms with van der Waals surface area (Å²) < 4.78 is 0. The van der Waals surface area contributed by atoms with Crippen LogP contribution in [-0.4, -0.2) is 26.3 Å². The zero-order valence-electron chi connectivity index (χ0n) is 6.52. The maximum atomic E-state index is 10.3. The molecular weight excluding hydrogens is 162 g/mol. The van der Waals surface area contributed by atoms with Crippen molar-refractivity contribution in [3.8, 4) is 0 Å². The summed E-state index contributed by atoms with van der Waals surface area (Å²) in [6.45, 7) is 1.57. The van der Waals surface area contributed by atoms with E-state index >= 15 is 0 Å². The normalized spacial score (nSPS) is 12.8. The van der Waals surface area contributed by atoms with Crippen LogP contribution >= 0.6 is 0 Å². The minimum atomic E-state index is -0.596. The second-order valence-corrected chi connectivity index (χ2v) is 2.55. The summed E-state index contributed by atoms with van der Waals surface area (Å²) in [6.07, 6.45) is 0.999. The fraction of sp³-hybridized carbons (Fsp3) is 0.500. The number of aliphatic hydroxyl groups excluding tert-OH is 1. The number of aromatic nitrogens is 2. The number of nitrogens with zero attached hydrogens (tertiary/aromatic N) is 2. The van der Waals surface area contributed by atoms with Gasteiger partial charge < -0.3 is 15.2 Å². The maximum absolute atomic E-state index is 10.3. The first-order valence-corrected chi connectivity index (χ1v) is 3.46. The van der Waals surface area contributed by atoms with Crippen molar-refractivity contribution in [3.63, 3.8) is 0 Å². The van der Waals surface area contributed by atoms with Gasteiger partial charge in [0.05, 0.1) is 17.9 Å². The highest BCUT2D eigenvalue weighted by molar-refractivity contribution is 5.29. The van der Waals surface area contributed by atoms with Gasteiger partial charge in [-0.2, -0.15) is 0 Å². The monoisotopic (exact) mass is 171 g/mol. The fourth-order valence-corrected chi connectivity index (χ4v) is 0.930. The van der Waals surface area contributed by atoms with Gasteiger partial charge in [0.1, 0.15) is 0 Å². The average Bonchev–Trinajstić information content (AvgIpc) is 2.33. The van der Waals surface area contributed by atoms with Gasteiger partial charge in [0.2, 0.25) is 0 Å². The van der Waals surface area contributed by atoms with Crippen LogP contribution in [0.1, 0.15) is 12.5 Å². The fourth-order valence-electron chi connectivity index (χ4n) is 0.930. The molecule has 0 aliphatic carbocycles. The molecule has 0 bridgehead atoms. The quantitative estimate of drug-likeness (QED) is 0.503. The van der Waals surface area contributed by atoms with Gasteiger partial charge in [-0.05, 0) is 11.8 Å². The van der Waals surface area contributed by atoms with E-state index in [2.05, 4.69) is 10.2 Å². The smallest absolute Gasteiger partial charge is 0.345 e. The highest BCUT2D eigenvalue weighted by Crippen LogP contribution is 2.15. The predicted octanol–water partition coefficient (Wildman–Crippen LogP) is 0.241. The highest BCUT2D eigenvalue weighted by atomic mass is 16.6. The minimum absolute atomic E-state index is 0.143. The molecule has 6 nitrogen and oxygen atoms in total. The number of rotatable bonds is 3. The second-order valence-electron chi connectivity index (χ2n) is 2.55. The Labute approximate surface area is 68.4 Å². The zero-order valence-corrected chi connectivity index (χ0v) is 6.52. The molecular formula is C6H9N3O3. The summed E-state index contributed by atoms with van der Waals surface area (Å²) in [5.41, 5.74) is 0.426. The summed E-state index contributed by atoms with van der Waals surface area (Å²) >= 11 is 0. The Balaban J connectivity index is 2.84. The minimum Gasteiger partial charge on any atom is -0.393 e. The summed E-state index contributed by atoms with van der Waals surface area (Å²) in [5.74, 6) is -0.143. The molecule has 6 heteroatoms. The molecule has 1 heterocycles. The van der Waals surface area contributed by atoms with E-state index < -0.39 is 11.0 Å². The summed E-state index contributed by atoms with van der Waals surface area (Å²) in [7, 11) is 0. The lowest BCUT2D eigenvalue weighted by Crippen LogP contribution is -2.05. The van der Waals surface area contributed by atoms with Crippen molar-refractivity contribution >= 4 is 5.82 Å². The van der Waals surface area contributed by atoms with Crippen molar-refractivity contribution in [1.82, 2.24) is 10.2 Å². The third-order valence-corrected chi connectivity index (χ3v) is 1.39. The average molecular weight is 171 g/mol. The Kier molecular flexibility index (Phi) is 2.39. The lowest BCUT2D eigenvalue weighted by atomic mass is 10.2. The lowest BCUT2D eigenvalue weighted by molar-refractivity contribution is -0.390. The molecule has 0 aromatic carbocycles. The van der Waals surface area contributed by atoms with Crippen molar-refractivity contribution in [1.29, 1.82) is 0 Å². The van der Waals surface area contributed by atoms with E-state index in [1.165, 1.54) is 6.20 Å². The van der Waals surface area contributed by atoms with E-state index in [-0.39, 0.29) is 12.2 Å². The first kappa shape index (κ1) is 8.66. The van der Waals surface area contributed by atoms with Crippen LogP contribution in [-0.2, 0) is 6.42 Å². The number of nitrogens with one attached hydrogen (secondary N) is 1. The van der Waals surface area contributed by atoms with Gasteiger partial charge in [0.15, 0.2) is 0 Å². The van der Waals surface area contributed by atoms with Gasteiger partial charge in [-0.25, -0.2) is 0 Å². The largest absolute Gasteiger partial charge is 0.393 e. The van der Waals surface area contributed by atoms with E-state index in [1.54, 1.807) is 6.92 Å². The van der Waals surface area contributed by atoms with Crippen LogP contribution in [0.4, 0.5) is 5.82 Å². The van der Waals surface area contributed by atoms with Crippen LogP contribution in [0.5, 0.6) is 0 Å². The summed E-state index contributed by atoms with van der Waals surface area (Å²) in [6, 6.07) is 0. The van der Waals surface area contributed by atoms with E-state index in [0.717, 1.165) is 0 Å². The van der Waals surface area contributed by atoms with Crippen molar-refractivity contribution in [2.75, 3.05) is 0 Å². The molecule has 0 saturated heterocycles. The van der Waals surface area contributed by atoms with E-state index in [0.29, 0.717) is 5.56 Å². The first-order chi connectivity index (χ1) is 5.61. The number of aromatic amines is 1. The van der Waals surface area contributed by atoms with Gasteiger partial charge in [-0.1, -0.05) is 5.10 Å². The van der Waals surface area contributed by atoms with E-state index in [4.69, 9.17) is 5.11 Å². The number of hydrogen-bond acceptors (Lipinski definition) is 4. The molecule has 1 rings (SSSR count). The number of aliphatic hydroxyl groups is 1. The van der Waals surface area contributed by atoms with Gasteiger partial charge in [0.25, 0.3) is 0 Å². The molecule has 12 heavy (non-hydrogen) atoms. The molecule has 0 aliphatic heterocycles. The Hall–Kier alpha value is -1.43. The van der Waals surface area contributed by atoms with Gasteiger partial charge in [0, 0.05) is 6.42 Å². The molecule has 0 fully saturated rings. The van der Waals surface area contributed by atoms with Gasteiger partial charge >= 0.3 is 5.82 Å². The number of H-pyrrole nitrogens is 1. The lowest BCUT2D eigenvalue weighted by Gasteiger charge is -1.99. The Morgan fingerprint density at radius 2 is 2.58 bits per heavy atom. The van der Waals surface area contributed by atoms with Crippen molar-refractivity contribution in [2.24, 2.45) is 0 Å². The van der Waals surface area contributed by atoms with E-state index in [9.17, 15) is 10.1 Å². The first-order valence-electron chi connectivity index (χ1n) is 3.46. The topological polar surface area (TPSA) is 92.1 Å². The van der Waals surface area contributed by atoms with Crippen LogP contribution in [0.25, 0.3) is 0 Å². The maximum Gasteiger partial charge on any atom is 0.345 e. The summed E-state index contributed by atoms with van der Waals surface area (Å²) in [5, 5.41) is 25.1. The van der Waals surface area contributed by atoms with Crippen LogP contribution < -0.4 is 0 Å². The van der Waals surface area contributed by atoms with Crippen molar-refractivity contribution in [3.05, 3.63) is 21.9 Å². The molecule has 0 unspecified atom stereocenters. The van der Waals surface area contributed by atoms with Crippen molar-refractivity contribution < 1.29 is 10.0 Å². The third kappa shape index (κ3) is 1.79. The van der Waals surface area contributed by atoms with Gasteiger partial charge in [-0.15, -0.1) is 5.10 Å². The Morgan fingerprint density at radius 1 is 1.92 bits per heavy atom. The Morgan fingerprint density at radius 3 is 3.08 bits per heavy atom. The molecule has 2 N–H and O–H groups in total. The van der Waals surface area contributed by atoms with Crippen LogP contribution in [0, 0.1) is 10.1 Å².